The lowest BCUT2D eigenvalue weighted by molar-refractivity contribution is 0.0505. The minimum atomic E-state index is -3.14. The Morgan fingerprint density at radius 1 is 1.21 bits per heavy atom. The van der Waals surface area contributed by atoms with Crippen LogP contribution in [0.2, 0.25) is 0 Å². The van der Waals surface area contributed by atoms with E-state index in [0.717, 1.165) is 6.26 Å². The van der Waals surface area contributed by atoms with Gasteiger partial charge in [-0.1, -0.05) is 6.07 Å². The number of aromatic nitrogens is 2. The van der Waals surface area contributed by atoms with Crippen molar-refractivity contribution in [1.29, 1.82) is 0 Å². The number of aryl methyl sites for hydroxylation is 1. The van der Waals surface area contributed by atoms with Crippen LogP contribution in [0.1, 0.15) is 37.8 Å². The number of rotatable bonds is 8. The van der Waals surface area contributed by atoms with E-state index >= 15 is 0 Å². The molecule has 9 nitrogen and oxygen atoms in total. The van der Waals surface area contributed by atoms with Crippen molar-refractivity contribution in [3.63, 3.8) is 0 Å². The van der Waals surface area contributed by atoms with E-state index in [1.54, 1.807) is 17.9 Å². The van der Waals surface area contributed by atoms with E-state index in [4.69, 9.17) is 14.2 Å². The molecule has 0 N–H and O–H groups in total. The molecule has 1 saturated heterocycles. The van der Waals surface area contributed by atoms with E-state index in [9.17, 15) is 17.6 Å². The minimum absolute atomic E-state index is 0.0344. The van der Waals surface area contributed by atoms with E-state index in [0.29, 0.717) is 42.9 Å². The monoisotopic (exact) mass is 495 g/mol. The molecule has 1 aromatic carbocycles. The molecule has 3 rings (SSSR count). The largest absolute Gasteiger partial charge is 0.474 e. The van der Waals surface area contributed by atoms with Gasteiger partial charge in [-0.2, -0.15) is 0 Å². The molecule has 0 radical (unpaired) electrons. The molecule has 1 aromatic heterocycles. The Morgan fingerprint density at radius 2 is 1.88 bits per heavy atom. The number of hydrogen-bond acceptors (Lipinski definition) is 8. The Hall–Kier alpha value is -2.95. The first-order chi connectivity index (χ1) is 16.0. The molecule has 1 aliphatic rings. The van der Waals surface area contributed by atoms with Gasteiger partial charge in [-0.25, -0.2) is 27.6 Å². The molecule has 0 bridgehead atoms. The van der Waals surface area contributed by atoms with Crippen molar-refractivity contribution in [2.45, 2.75) is 52.2 Å². The van der Waals surface area contributed by atoms with Gasteiger partial charge in [-0.15, -0.1) is 0 Å². The van der Waals surface area contributed by atoms with E-state index in [2.05, 4.69) is 9.97 Å². The second-order valence-corrected chi connectivity index (χ2v) is 10.9. The van der Waals surface area contributed by atoms with E-state index in [-0.39, 0.29) is 42.1 Å². The van der Waals surface area contributed by atoms with Crippen LogP contribution in [-0.2, 0) is 21.0 Å². The van der Waals surface area contributed by atoms with Gasteiger partial charge in [0.05, 0.1) is 17.4 Å². The van der Waals surface area contributed by atoms with Crippen molar-refractivity contribution in [2.24, 2.45) is 0 Å². The lowest BCUT2D eigenvalue weighted by atomic mass is 10.1. The van der Waals surface area contributed by atoms with Crippen LogP contribution in [0.25, 0.3) is 0 Å². The van der Waals surface area contributed by atoms with Crippen molar-refractivity contribution in [2.75, 3.05) is 25.1 Å². The molecule has 2 aromatic rings. The third-order valence-electron chi connectivity index (χ3n) is 5.27. The fourth-order valence-electron chi connectivity index (χ4n) is 3.42. The fourth-order valence-corrected chi connectivity index (χ4v) is 4.03. The Morgan fingerprint density at radius 3 is 2.50 bits per heavy atom. The van der Waals surface area contributed by atoms with Crippen LogP contribution in [0.15, 0.2) is 24.5 Å². The number of benzene rings is 1. The predicted molar refractivity (Wildman–Crippen MR) is 123 cm³/mol. The number of piperidine rings is 1. The fraction of sp³-hybridized carbons (Fsp3) is 0.522. The molecule has 1 aliphatic heterocycles. The number of likely N-dealkylation sites (tertiary alicyclic amines) is 1. The topological polar surface area (TPSA) is 108 Å². The Balaban J connectivity index is 1.62. The smallest absolute Gasteiger partial charge is 0.410 e. The Labute approximate surface area is 199 Å². The summed E-state index contributed by atoms with van der Waals surface area (Å²) in [5.41, 5.74) is 1.08. The summed E-state index contributed by atoms with van der Waals surface area (Å²) in [5, 5.41) is 0. The second-order valence-electron chi connectivity index (χ2n) is 8.59. The number of sulfone groups is 1. The summed E-state index contributed by atoms with van der Waals surface area (Å²) in [6, 6.07) is 4.32. The van der Waals surface area contributed by atoms with E-state index in [1.165, 1.54) is 18.5 Å². The van der Waals surface area contributed by atoms with Crippen molar-refractivity contribution in [3.05, 3.63) is 41.5 Å². The third-order valence-corrected chi connectivity index (χ3v) is 6.22. The summed E-state index contributed by atoms with van der Waals surface area (Å²) in [6.45, 7) is 6.37. The van der Waals surface area contributed by atoms with Gasteiger partial charge in [0.1, 0.15) is 22.3 Å². The summed E-state index contributed by atoms with van der Waals surface area (Å²) in [7, 11) is -3.14. The van der Waals surface area contributed by atoms with Crippen LogP contribution in [0.5, 0.6) is 17.5 Å². The van der Waals surface area contributed by atoms with Crippen LogP contribution in [0.3, 0.4) is 0 Å². The van der Waals surface area contributed by atoms with Gasteiger partial charge < -0.3 is 19.1 Å². The Bertz CT molecular complexity index is 1120. The molecule has 2 heterocycles. The predicted octanol–water partition coefficient (Wildman–Crippen LogP) is 3.69. The van der Waals surface area contributed by atoms with Gasteiger partial charge in [0.15, 0.2) is 11.6 Å². The average Bonchev–Trinajstić information content (AvgIpc) is 2.76. The van der Waals surface area contributed by atoms with Gasteiger partial charge in [0.2, 0.25) is 11.8 Å². The summed E-state index contributed by atoms with van der Waals surface area (Å²) < 4.78 is 54.1. The molecule has 34 heavy (non-hydrogen) atoms. The first-order valence-corrected chi connectivity index (χ1v) is 13.2. The van der Waals surface area contributed by atoms with Gasteiger partial charge >= 0.3 is 6.09 Å². The third kappa shape index (κ3) is 7.28. The molecule has 0 atom stereocenters. The van der Waals surface area contributed by atoms with Crippen LogP contribution < -0.4 is 9.47 Å². The average molecular weight is 496 g/mol. The second kappa shape index (κ2) is 11.0. The zero-order chi connectivity index (χ0) is 24.9. The van der Waals surface area contributed by atoms with Gasteiger partial charge in [0.25, 0.3) is 0 Å². The van der Waals surface area contributed by atoms with Crippen molar-refractivity contribution in [3.8, 4) is 17.5 Å². The number of carbonyl (C=O) groups is 1. The van der Waals surface area contributed by atoms with Gasteiger partial charge in [0, 0.05) is 32.2 Å². The summed E-state index contributed by atoms with van der Waals surface area (Å²) >= 11 is 0. The quantitative estimate of drug-likeness (QED) is 0.546. The maximum Gasteiger partial charge on any atom is 0.410 e. The van der Waals surface area contributed by atoms with E-state index in [1.807, 2.05) is 13.8 Å². The molecular weight excluding hydrogens is 465 g/mol. The highest BCUT2D eigenvalue weighted by Gasteiger charge is 2.26. The summed E-state index contributed by atoms with van der Waals surface area (Å²) in [4.78, 5) is 22.0. The van der Waals surface area contributed by atoms with Crippen LogP contribution in [0, 0.1) is 12.7 Å². The summed E-state index contributed by atoms with van der Waals surface area (Å²) in [6.07, 6.45) is 3.24. The highest BCUT2D eigenvalue weighted by atomic mass is 32.2. The van der Waals surface area contributed by atoms with Crippen LogP contribution in [-0.4, -0.2) is 66.7 Å². The van der Waals surface area contributed by atoms with Gasteiger partial charge in [-0.05, 0) is 44.9 Å². The lowest BCUT2D eigenvalue weighted by Crippen LogP contribution is -2.42. The lowest BCUT2D eigenvalue weighted by Gasteiger charge is -2.31. The Kier molecular flexibility index (Phi) is 8.29. The molecule has 11 heteroatoms. The standard InChI is InChI=1S/C23H30FN3O6S/c1-15(2)31-23(28)27-10-7-18(8-11-27)32-21-16(3)22(26-14-25-21)33-20-6-5-17(13-19(20)24)9-12-34(4,29)30/h5-6,13-15,18H,7-12H2,1-4H3. The SMILES string of the molecule is Cc1c(Oc2ccc(CCS(C)(=O)=O)cc2F)ncnc1OC1CCN(C(=O)OC(C)C)CC1. The van der Waals surface area contributed by atoms with Gasteiger partial charge in [-0.3, -0.25) is 0 Å². The number of nitrogens with zero attached hydrogens (tertiary/aromatic N) is 3. The molecule has 0 spiro atoms. The number of hydrogen-bond donors (Lipinski definition) is 0. The normalized spacial score (nSPS) is 14.8. The molecule has 0 saturated carbocycles. The first kappa shape index (κ1) is 25.7. The molecule has 1 amide bonds. The highest BCUT2D eigenvalue weighted by molar-refractivity contribution is 7.90. The van der Waals surface area contributed by atoms with Crippen LogP contribution >= 0.6 is 0 Å². The van der Waals surface area contributed by atoms with Crippen LogP contribution in [0.4, 0.5) is 9.18 Å². The van der Waals surface area contributed by atoms with E-state index < -0.39 is 15.7 Å². The molecule has 1 fully saturated rings. The zero-order valence-electron chi connectivity index (χ0n) is 19.8. The summed E-state index contributed by atoms with van der Waals surface area (Å²) in [5.74, 6) is -0.222. The molecule has 186 valence electrons. The molecule has 0 aliphatic carbocycles. The zero-order valence-corrected chi connectivity index (χ0v) is 20.6. The molecule has 0 unspecified atom stereocenters. The minimum Gasteiger partial charge on any atom is -0.474 e. The maximum absolute atomic E-state index is 14.6. The van der Waals surface area contributed by atoms with Crippen molar-refractivity contribution < 1.29 is 31.8 Å². The number of amides is 1. The van der Waals surface area contributed by atoms with Crippen molar-refractivity contribution >= 4 is 15.9 Å². The first-order valence-electron chi connectivity index (χ1n) is 11.1. The number of ether oxygens (including phenoxy) is 3. The molecular formula is C23H30FN3O6S. The number of carbonyl (C=O) groups excluding carboxylic acids is 1. The van der Waals surface area contributed by atoms with Crippen molar-refractivity contribution in [1.82, 2.24) is 14.9 Å². The maximum atomic E-state index is 14.6. The number of halogens is 1. The highest BCUT2D eigenvalue weighted by Crippen LogP contribution is 2.31.